The maximum absolute atomic E-state index is 11.9. The lowest BCUT2D eigenvalue weighted by Crippen LogP contribution is -2.36. The Morgan fingerprint density at radius 3 is 2.74 bits per heavy atom. The Hall–Kier alpha value is -1.86. The molecule has 7 heteroatoms. The first kappa shape index (κ1) is 17.5. The van der Waals surface area contributed by atoms with Gasteiger partial charge in [0.1, 0.15) is 0 Å². The second-order valence-electron chi connectivity index (χ2n) is 5.13. The normalized spacial score (nSPS) is 12.1. The monoisotopic (exact) mass is 334 g/mol. The standard InChI is InChI=1S/C16H22N4O2S/c1-4-20-15(13-8-6-5-7-9-13)18-19-16(20)23-11-14(21)17-12(2)10-22-3/h5-9,12H,4,10-11H2,1-3H3,(H,17,21). The van der Waals surface area contributed by atoms with Crippen molar-refractivity contribution >= 4 is 17.7 Å². The Bertz CT molecular complexity index is 630. The van der Waals surface area contributed by atoms with Crippen LogP contribution in [0.3, 0.4) is 0 Å². The minimum Gasteiger partial charge on any atom is -0.383 e. The minimum absolute atomic E-state index is 0.00275. The summed E-state index contributed by atoms with van der Waals surface area (Å²) in [7, 11) is 1.62. The zero-order chi connectivity index (χ0) is 16.7. The number of carbonyl (C=O) groups is 1. The summed E-state index contributed by atoms with van der Waals surface area (Å²) < 4.78 is 7.03. The molecule has 0 aliphatic rings. The van der Waals surface area contributed by atoms with Crippen molar-refractivity contribution in [1.82, 2.24) is 20.1 Å². The van der Waals surface area contributed by atoms with Gasteiger partial charge in [0.15, 0.2) is 11.0 Å². The van der Waals surface area contributed by atoms with Gasteiger partial charge in [-0.25, -0.2) is 0 Å². The van der Waals surface area contributed by atoms with Gasteiger partial charge >= 0.3 is 0 Å². The maximum atomic E-state index is 11.9. The topological polar surface area (TPSA) is 69.0 Å². The number of hydrogen-bond donors (Lipinski definition) is 1. The van der Waals surface area contributed by atoms with Crippen LogP contribution in [-0.2, 0) is 16.1 Å². The molecule has 124 valence electrons. The van der Waals surface area contributed by atoms with Crippen LogP contribution in [-0.4, -0.2) is 46.2 Å². The highest BCUT2D eigenvalue weighted by Gasteiger charge is 2.15. The lowest BCUT2D eigenvalue weighted by atomic mass is 10.2. The maximum Gasteiger partial charge on any atom is 0.230 e. The van der Waals surface area contributed by atoms with Crippen LogP contribution in [0.2, 0.25) is 0 Å². The predicted molar refractivity (Wildman–Crippen MR) is 91.3 cm³/mol. The molecule has 1 aromatic heterocycles. The van der Waals surface area contributed by atoms with E-state index in [1.165, 1.54) is 11.8 Å². The molecule has 23 heavy (non-hydrogen) atoms. The number of amides is 1. The van der Waals surface area contributed by atoms with Crippen LogP contribution in [0.5, 0.6) is 0 Å². The van der Waals surface area contributed by atoms with Gasteiger partial charge in [0.05, 0.1) is 12.4 Å². The van der Waals surface area contributed by atoms with Gasteiger partial charge in [0, 0.05) is 25.3 Å². The number of nitrogens with one attached hydrogen (secondary N) is 1. The summed E-state index contributed by atoms with van der Waals surface area (Å²) in [4.78, 5) is 11.9. The van der Waals surface area contributed by atoms with E-state index in [4.69, 9.17) is 4.74 Å². The quantitative estimate of drug-likeness (QED) is 0.750. The van der Waals surface area contributed by atoms with E-state index in [1.54, 1.807) is 7.11 Å². The van der Waals surface area contributed by atoms with Gasteiger partial charge < -0.3 is 14.6 Å². The first-order valence-electron chi connectivity index (χ1n) is 7.55. The smallest absolute Gasteiger partial charge is 0.230 e. The molecular formula is C16H22N4O2S. The highest BCUT2D eigenvalue weighted by molar-refractivity contribution is 7.99. The number of thioether (sulfide) groups is 1. The molecule has 0 aliphatic heterocycles. The van der Waals surface area contributed by atoms with Crippen molar-refractivity contribution in [3.05, 3.63) is 30.3 Å². The van der Waals surface area contributed by atoms with Gasteiger partial charge in [-0.1, -0.05) is 42.1 Å². The SMILES string of the molecule is CCn1c(SCC(=O)NC(C)COC)nnc1-c1ccccc1. The van der Waals surface area contributed by atoms with Gasteiger partial charge in [-0.05, 0) is 13.8 Å². The molecule has 2 rings (SSSR count). The van der Waals surface area contributed by atoms with Crippen molar-refractivity contribution in [2.24, 2.45) is 0 Å². The van der Waals surface area contributed by atoms with Crippen LogP contribution in [0.25, 0.3) is 11.4 Å². The molecule has 1 amide bonds. The number of nitrogens with zero attached hydrogens (tertiary/aromatic N) is 3. The molecule has 1 aromatic carbocycles. The Balaban J connectivity index is 2.01. The van der Waals surface area contributed by atoms with Gasteiger partial charge in [0.2, 0.25) is 5.91 Å². The molecule has 1 atom stereocenters. The average molecular weight is 334 g/mol. The summed E-state index contributed by atoms with van der Waals surface area (Å²) in [6.07, 6.45) is 0. The molecule has 0 spiro atoms. The molecule has 1 N–H and O–H groups in total. The van der Waals surface area contributed by atoms with Crippen molar-refractivity contribution in [2.75, 3.05) is 19.5 Å². The number of methoxy groups -OCH3 is 1. The molecule has 1 unspecified atom stereocenters. The van der Waals surface area contributed by atoms with Crippen LogP contribution in [0.15, 0.2) is 35.5 Å². The Morgan fingerprint density at radius 2 is 2.09 bits per heavy atom. The van der Waals surface area contributed by atoms with E-state index in [1.807, 2.05) is 48.7 Å². The van der Waals surface area contributed by atoms with Crippen molar-refractivity contribution in [1.29, 1.82) is 0 Å². The van der Waals surface area contributed by atoms with Crippen LogP contribution in [0.1, 0.15) is 13.8 Å². The van der Waals surface area contributed by atoms with Crippen LogP contribution in [0.4, 0.5) is 0 Å². The summed E-state index contributed by atoms with van der Waals surface area (Å²) in [5, 5.41) is 12.1. The number of hydrogen-bond acceptors (Lipinski definition) is 5. The van der Waals surface area contributed by atoms with Crippen LogP contribution in [0, 0.1) is 0 Å². The van der Waals surface area contributed by atoms with E-state index < -0.39 is 0 Å². The summed E-state index contributed by atoms with van der Waals surface area (Å²) in [6, 6.07) is 9.92. The van der Waals surface area contributed by atoms with Gasteiger partial charge in [-0.15, -0.1) is 10.2 Å². The third-order valence-electron chi connectivity index (χ3n) is 3.22. The number of rotatable bonds is 8. The fraction of sp³-hybridized carbons (Fsp3) is 0.438. The average Bonchev–Trinajstić information content (AvgIpc) is 2.96. The molecule has 0 fully saturated rings. The molecule has 1 heterocycles. The highest BCUT2D eigenvalue weighted by atomic mass is 32.2. The van der Waals surface area contributed by atoms with Gasteiger partial charge in [0.25, 0.3) is 0 Å². The third kappa shape index (κ3) is 4.80. The lowest BCUT2D eigenvalue weighted by Gasteiger charge is -2.12. The third-order valence-corrected chi connectivity index (χ3v) is 4.19. The Labute approximate surface area is 140 Å². The molecule has 6 nitrogen and oxygen atoms in total. The molecule has 0 radical (unpaired) electrons. The number of aromatic nitrogens is 3. The molecule has 0 bridgehead atoms. The number of ether oxygens (including phenoxy) is 1. The van der Waals surface area contributed by atoms with E-state index in [0.717, 1.165) is 23.1 Å². The van der Waals surface area contributed by atoms with Crippen molar-refractivity contribution in [3.63, 3.8) is 0 Å². The lowest BCUT2D eigenvalue weighted by molar-refractivity contribution is -0.119. The first-order valence-corrected chi connectivity index (χ1v) is 8.54. The molecule has 0 saturated heterocycles. The van der Waals surface area contributed by atoms with E-state index >= 15 is 0 Å². The zero-order valence-corrected chi connectivity index (χ0v) is 14.5. The zero-order valence-electron chi connectivity index (χ0n) is 13.7. The molecule has 0 saturated carbocycles. The minimum atomic E-state index is -0.0357. The summed E-state index contributed by atoms with van der Waals surface area (Å²) in [6.45, 7) is 5.20. The molecule has 2 aromatic rings. The first-order chi connectivity index (χ1) is 11.2. The fourth-order valence-corrected chi connectivity index (χ4v) is 3.03. The van der Waals surface area contributed by atoms with Crippen LogP contribution >= 0.6 is 11.8 Å². The van der Waals surface area contributed by atoms with E-state index in [9.17, 15) is 4.79 Å². The summed E-state index contributed by atoms with van der Waals surface area (Å²) in [5.74, 6) is 1.09. The highest BCUT2D eigenvalue weighted by Crippen LogP contribution is 2.23. The fourth-order valence-electron chi connectivity index (χ4n) is 2.22. The Morgan fingerprint density at radius 1 is 1.35 bits per heavy atom. The number of benzene rings is 1. The second kappa shape index (κ2) is 8.69. The van der Waals surface area contributed by atoms with Gasteiger partial charge in [-0.2, -0.15) is 0 Å². The van der Waals surface area contributed by atoms with Gasteiger partial charge in [-0.3, -0.25) is 4.79 Å². The number of carbonyl (C=O) groups excluding carboxylic acids is 1. The van der Waals surface area contributed by atoms with E-state index in [-0.39, 0.29) is 11.9 Å². The van der Waals surface area contributed by atoms with Crippen LogP contribution < -0.4 is 5.32 Å². The van der Waals surface area contributed by atoms with E-state index in [2.05, 4.69) is 15.5 Å². The summed E-state index contributed by atoms with van der Waals surface area (Å²) in [5.41, 5.74) is 1.02. The van der Waals surface area contributed by atoms with Crippen molar-refractivity contribution in [3.8, 4) is 11.4 Å². The van der Waals surface area contributed by atoms with Crippen molar-refractivity contribution < 1.29 is 9.53 Å². The second-order valence-corrected chi connectivity index (χ2v) is 6.07. The molecule has 0 aliphatic carbocycles. The largest absolute Gasteiger partial charge is 0.383 e. The van der Waals surface area contributed by atoms with E-state index in [0.29, 0.717) is 12.4 Å². The van der Waals surface area contributed by atoms with Crippen molar-refractivity contribution in [2.45, 2.75) is 31.6 Å². The Kier molecular flexibility index (Phi) is 6.61. The summed E-state index contributed by atoms with van der Waals surface area (Å²) >= 11 is 1.39. The predicted octanol–water partition coefficient (Wildman–Crippen LogP) is 2.21. The molecular weight excluding hydrogens is 312 g/mol.